The maximum atomic E-state index is 11.6. The van der Waals surface area contributed by atoms with Crippen molar-refractivity contribution in [2.24, 2.45) is 0 Å². The van der Waals surface area contributed by atoms with Crippen molar-refractivity contribution < 1.29 is 19.0 Å². The second kappa shape index (κ2) is 4.33. The van der Waals surface area contributed by atoms with Crippen LogP contribution in [-0.4, -0.2) is 26.1 Å². The Labute approximate surface area is 102 Å². The molecule has 5 heteroatoms. The van der Waals surface area contributed by atoms with Crippen molar-refractivity contribution in [2.45, 2.75) is 6.92 Å². The molecule has 1 aromatic carbocycles. The molecule has 86 valence electrons. The number of carbonyl (C=O) groups is 1. The third-order valence-electron chi connectivity index (χ3n) is 2.30. The van der Waals surface area contributed by atoms with Gasteiger partial charge in [0.25, 0.3) is 0 Å². The lowest BCUT2D eigenvalue weighted by Crippen LogP contribution is -2.18. The minimum Gasteiger partial charge on any atom is -0.495 e. The molecule has 0 unspecified atom stereocenters. The van der Waals surface area contributed by atoms with Gasteiger partial charge in [-0.3, -0.25) is 4.79 Å². The monoisotopic (exact) mass is 286 g/mol. The highest BCUT2D eigenvalue weighted by Crippen LogP contribution is 2.44. The first kappa shape index (κ1) is 11.3. The Morgan fingerprint density at radius 3 is 2.75 bits per heavy atom. The smallest absolute Gasteiger partial charge is 0.175 e. The summed E-state index contributed by atoms with van der Waals surface area (Å²) < 4.78 is 16.8. The molecule has 1 aliphatic heterocycles. The first-order valence-corrected chi connectivity index (χ1v) is 5.61. The molecule has 0 saturated carbocycles. The summed E-state index contributed by atoms with van der Waals surface area (Å²) in [5.41, 5.74) is 0.423. The number of benzene rings is 1. The zero-order valence-electron chi connectivity index (χ0n) is 9.00. The molecule has 0 aromatic heterocycles. The SMILES string of the molecule is COc1c(Br)cc2c(c1C(C)=O)OCCO2. The largest absolute Gasteiger partial charge is 0.495 e. The molecular formula is C11H11BrO4. The Hall–Kier alpha value is -1.23. The van der Waals surface area contributed by atoms with E-state index in [0.29, 0.717) is 40.5 Å². The van der Waals surface area contributed by atoms with Crippen LogP contribution in [0.25, 0.3) is 0 Å². The van der Waals surface area contributed by atoms with E-state index < -0.39 is 0 Å². The van der Waals surface area contributed by atoms with E-state index in [1.807, 2.05) is 0 Å². The van der Waals surface area contributed by atoms with Gasteiger partial charge in [0, 0.05) is 6.07 Å². The van der Waals surface area contributed by atoms with Crippen molar-refractivity contribution in [3.8, 4) is 17.2 Å². The molecule has 16 heavy (non-hydrogen) atoms. The maximum absolute atomic E-state index is 11.6. The Bertz CT molecular complexity index is 442. The quantitative estimate of drug-likeness (QED) is 0.784. The topological polar surface area (TPSA) is 44.8 Å². The number of carbonyl (C=O) groups excluding carboxylic acids is 1. The highest BCUT2D eigenvalue weighted by Gasteiger charge is 2.25. The third-order valence-corrected chi connectivity index (χ3v) is 2.89. The van der Waals surface area contributed by atoms with Gasteiger partial charge in [0.1, 0.15) is 24.5 Å². The van der Waals surface area contributed by atoms with Gasteiger partial charge in [0.2, 0.25) is 0 Å². The molecule has 0 spiro atoms. The fourth-order valence-electron chi connectivity index (χ4n) is 1.66. The van der Waals surface area contributed by atoms with Crippen molar-refractivity contribution in [1.82, 2.24) is 0 Å². The van der Waals surface area contributed by atoms with Gasteiger partial charge in [-0.1, -0.05) is 0 Å². The van der Waals surface area contributed by atoms with Crippen LogP contribution in [-0.2, 0) is 0 Å². The molecule has 0 N–H and O–H groups in total. The van der Waals surface area contributed by atoms with Crippen molar-refractivity contribution >= 4 is 21.7 Å². The molecule has 0 fully saturated rings. The van der Waals surface area contributed by atoms with Crippen LogP contribution >= 0.6 is 15.9 Å². The lowest BCUT2D eigenvalue weighted by molar-refractivity contribution is 0.0998. The average molecular weight is 287 g/mol. The van der Waals surface area contributed by atoms with E-state index in [1.165, 1.54) is 14.0 Å². The minimum absolute atomic E-state index is 0.111. The molecule has 1 aromatic rings. The van der Waals surface area contributed by atoms with Crippen molar-refractivity contribution in [3.63, 3.8) is 0 Å². The van der Waals surface area contributed by atoms with Gasteiger partial charge in [-0.2, -0.15) is 0 Å². The lowest BCUT2D eigenvalue weighted by Gasteiger charge is -2.22. The second-order valence-electron chi connectivity index (χ2n) is 3.35. The van der Waals surface area contributed by atoms with E-state index in [-0.39, 0.29) is 5.78 Å². The van der Waals surface area contributed by atoms with Crippen LogP contribution < -0.4 is 14.2 Å². The number of fused-ring (bicyclic) bond motifs is 1. The van der Waals surface area contributed by atoms with Gasteiger partial charge < -0.3 is 14.2 Å². The normalized spacial score (nSPS) is 13.4. The molecule has 1 aliphatic rings. The Morgan fingerprint density at radius 1 is 1.44 bits per heavy atom. The van der Waals surface area contributed by atoms with Crippen LogP contribution in [0.15, 0.2) is 10.5 Å². The van der Waals surface area contributed by atoms with E-state index in [2.05, 4.69) is 15.9 Å². The molecule has 0 saturated heterocycles. The van der Waals surface area contributed by atoms with E-state index in [4.69, 9.17) is 14.2 Å². The Balaban J connectivity index is 2.68. The second-order valence-corrected chi connectivity index (χ2v) is 4.20. The molecule has 0 amide bonds. The molecule has 0 aliphatic carbocycles. The Kier molecular flexibility index (Phi) is 3.05. The summed E-state index contributed by atoms with van der Waals surface area (Å²) in [4.78, 5) is 11.6. The number of hydrogen-bond donors (Lipinski definition) is 0. The summed E-state index contributed by atoms with van der Waals surface area (Å²) in [7, 11) is 1.52. The fourth-order valence-corrected chi connectivity index (χ4v) is 2.23. The van der Waals surface area contributed by atoms with Crippen LogP contribution in [0.3, 0.4) is 0 Å². The lowest BCUT2D eigenvalue weighted by atomic mass is 10.1. The molecule has 0 radical (unpaired) electrons. The van der Waals surface area contributed by atoms with Gasteiger partial charge in [0.05, 0.1) is 11.6 Å². The molecule has 0 bridgehead atoms. The number of ether oxygens (including phenoxy) is 3. The van der Waals surface area contributed by atoms with Gasteiger partial charge in [-0.05, 0) is 22.9 Å². The van der Waals surface area contributed by atoms with Crippen molar-refractivity contribution in [2.75, 3.05) is 20.3 Å². The van der Waals surface area contributed by atoms with Crippen molar-refractivity contribution in [1.29, 1.82) is 0 Å². The first-order chi connectivity index (χ1) is 7.65. The number of rotatable bonds is 2. The van der Waals surface area contributed by atoms with Gasteiger partial charge in [-0.25, -0.2) is 0 Å². The van der Waals surface area contributed by atoms with Crippen LogP contribution in [0.4, 0.5) is 0 Å². The molecule has 0 atom stereocenters. The number of Topliss-reactive ketones (excluding diaryl/α,β-unsaturated/α-hetero) is 1. The summed E-state index contributed by atoms with van der Waals surface area (Å²) in [6, 6.07) is 1.75. The fraction of sp³-hybridized carbons (Fsp3) is 0.364. The number of methoxy groups -OCH3 is 1. The number of hydrogen-bond acceptors (Lipinski definition) is 4. The molecule has 4 nitrogen and oxygen atoms in total. The highest BCUT2D eigenvalue weighted by atomic mass is 79.9. The van der Waals surface area contributed by atoms with Crippen LogP contribution in [0, 0.1) is 0 Å². The zero-order chi connectivity index (χ0) is 11.7. The Morgan fingerprint density at radius 2 is 2.12 bits per heavy atom. The van der Waals surface area contributed by atoms with Gasteiger partial charge >= 0.3 is 0 Å². The number of ketones is 1. The van der Waals surface area contributed by atoms with E-state index in [9.17, 15) is 4.79 Å². The van der Waals surface area contributed by atoms with Crippen LogP contribution in [0.5, 0.6) is 17.2 Å². The van der Waals surface area contributed by atoms with E-state index in [0.717, 1.165) is 0 Å². The predicted molar refractivity (Wildman–Crippen MR) is 61.7 cm³/mol. The minimum atomic E-state index is -0.111. The molecular weight excluding hydrogens is 276 g/mol. The average Bonchev–Trinajstić information content (AvgIpc) is 2.26. The number of halogens is 1. The third kappa shape index (κ3) is 1.75. The van der Waals surface area contributed by atoms with Gasteiger partial charge in [-0.15, -0.1) is 0 Å². The first-order valence-electron chi connectivity index (χ1n) is 4.82. The van der Waals surface area contributed by atoms with E-state index >= 15 is 0 Å². The molecule has 1 heterocycles. The van der Waals surface area contributed by atoms with E-state index in [1.54, 1.807) is 6.07 Å². The summed E-state index contributed by atoms with van der Waals surface area (Å²) in [5, 5.41) is 0. The molecule has 2 rings (SSSR count). The zero-order valence-corrected chi connectivity index (χ0v) is 10.6. The summed E-state index contributed by atoms with van der Waals surface area (Å²) in [5.74, 6) is 1.42. The maximum Gasteiger partial charge on any atom is 0.175 e. The van der Waals surface area contributed by atoms with Crippen LogP contribution in [0.2, 0.25) is 0 Å². The highest BCUT2D eigenvalue weighted by molar-refractivity contribution is 9.10. The van der Waals surface area contributed by atoms with Crippen LogP contribution in [0.1, 0.15) is 17.3 Å². The summed E-state index contributed by atoms with van der Waals surface area (Å²) in [6.45, 7) is 2.41. The summed E-state index contributed by atoms with van der Waals surface area (Å²) >= 11 is 3.34. The van der Waals surface area contributed by atoms with Gasteiger partial charge in [0.15, 0.2) is 17.3 Å². The predicted octanol–water partition coefficient (Wildman–Crippen LogP) is 2.43. The van der Waals surface area contributed by atoms with Crippen molar-refractivity contribution in [3.05, 3.63) is 16.1 Å². The standard InChI is InChI=1S/C11H11BrO4/c1-6(13)9-10(14-2)7(12)5-8-11(9)16-4-3-15-8/h5H,3-4H2,1-2H3. The summed E-state index contributed by atoms with van der Waals surface area (Å²) in [6.07, 6.45) is 0.